The zero-order chi connectivity index (χ0) is 14.0. The van der Waals surface area contributed by atoms with Crippen LogP contribution in [-0.2, 0) is 10.2 Å². The summed E-state index contributed by atoms with van der Waals surface area (Å²) in [5, 5.41) is 14.7. The fourth-order valence-electron chi connectivity index (χ4n) is 1.54. The van der Waals surface area contributed by atoms with Gasteiger partial charge in [-0.15, -0.1) is 10.2 Å². The van der Waals surface area contributed by atoms with Crippen molar-refractivity contribution in [2.75, 3.05) is 0 Å². The fraction of sp³-hybridized carbons (Fsp3) is 0.444. The van der Waals surface area contributed by atoms with Gasteiger partial charge in [0, 0.05) is 0 Å². The molecule has 19 heavy (non-hydrogen) atoms. The molecule has 0 N–H and O–H groups in total. The predicted molar refractivity (Wildman–Crippen MR) is 69.5 cm³/mol. The van der Waals surface area contributed by atoms with Crippen LogP contribution in [0.5, 0.6) is 0 Å². The van der Waals surface area contributed by atoms with Crippen molar-refractivity contribution in [2.45, 2.75) is 23.6 Å². The second-order valence-electron chi connectivity index (χ2n) is 3.67. The third-order valence-electron chi connectivity index (χ3n) is 2.32. The lowest BCUT2D eigenvalue weighted by molar-refractivity contribution is 0.236. The van der Waals surface area contributed by atoms with Gasteiger partial charge in [-0.2, -0.15) is 9.36 Å². The molecule has 0 atom stereocenters. The molecule has 0 spiro atoms. The molecule has 0 aromatic carbocycles. The van der Waals surface area contributed by atoms with Gasteiger partial charge >= 0.3 is 6.03 Å². The molecule has 0 radical (unpaired) electrons. The predicted octanol–water partition coefficient (Wildman–Crippen LogP) is 2.17. The zero-order valence-corrected chi connectivity index (χ0v) is 12.1. The van der Waals surface area contributed by atoms with E-state index in [-0.39, 0.29) is 5.69 Å². The lowest BCUT2D eigenvalue weighted by Gasteiger charge is -2.10. The SMILES string of the molecule is CCCc1c(C(Cl)(Cl)Cl)nnn1C(=O)n1ccnn1. The summed E-state index contributed by atoms with van der Waals surface area (Å²) in [6, 6.07) is -0.533. The quantitative estimate of drug-likeness (QED) is 0.791. The molecule has 0 bridgehead atoms. The molecule has 0 aliphatic rings. The molecule has 0 saturated heterocycles. The summed E-state index contributed by atoms with van der Waals surface area (Å²) in [6.07, 6.45) is 4.02. The van der Waals surface area contributed by atoms with Gasteiger partial charge in [-0.05, 0) is 6.42 Å². The van der Waals surface area contributed by atoms with Crippen LogP contribution in [0.1, 0.15) is 24.7 Å². The Bertz CT molecular complexity index is 573. The Hall–Kier alpha value is -1.18. The molecule has 0 saturated carbocycles. The lowest BCUT2D eigenvalue weighted by Crippen LogP contribution is -2.24. The average Bonchev–Trinajstić information content (AvgIpc) is 2.96. The minimum absolute atomic E-state index is 0.146. The van der Waals surface area contributed by atoms with Crippen LogP contribution in [0.4, 0.5) is 4.79 Å². The van der Waals surface area contributed by atoms with Gasteiger partial charge in [-0.25, -0.2) is 4.79 Å². The summed E-state index contributed by atoms with van der Waals surface area (Å²) >= 11 is 17.4. The Morgan fingerprint density at radius 1 is 1.37 bits per heavy atom. The molecule has 7 nitrogen and oxygen atoms in total. The summed E-state index contributed by atoms with van der Waals surface area (Å²) in [5.74, 6) is 0. The molecule has 2 aromatic rings. The Kier molecular flexibility index (Phi) is 4.07. The first kappa shape index (κ1) is 14.2. The molecule has 10 heteroatoms. The molecule has 0 fully saturated rings. The summed E-state index contributed by atoms with van der Waals surface area (Å²) in [7, 11) is 0. The lowest BCUT2D eigenvalue weighted by atomic mass is 10.2. The van der Waals surface area contributed by atoms with E-state index in [4.69, 9.17) is 34.8 Å². The molecule has 2 aromatic heterocycles. The smallest absolute Gasteiger partial charge is 0.243 e. The fourth-order valence-corrected chi connectivity index (χ4v) is 1.98. The third-order valence-corrected chi connectivity index (χ3v) is 2.86. The van der Waals surface area contributed by atoms with Crippen molar-refractivity contribution in [3.05, 3.63) is 23.8 Å². The maximum absolute atomic E-state index is 12.1. The molecule has 2 heterocycles. The minimum atomic E-state index is -1.73. The summed E-state index contributed by atoms with van der Waals surface area (Å²) in [6.45, 7) is 1.93. The molecule has 102 valence electrons. The van der Waals surface area contributed by atoms with E-state index in [2.05, 4.69) is 20.6 Å². The molecule has 0 unspecified atom stereocenters. The van der Waals surface area contributed by atoms with E-state index >= 15 is 0 Å². The third kappa shape index (κ3) is 2.88. The van der Waals surface area contributed by atoms with Crippen LogP contribution >= 0.6 is 34.8 Å². The highest BCUT2D eigenvalue weighted by Gasteiger charge is 2.33. The summed E-state index contributed by atoms with van der Waals surface area (Å²) in [4.78, 5) is 12.1. The molecule has 2 rings (SSSR count). The Labute approximate surface area is 123 Å². The van der Waals surface area contributed by atoms with Crippen molar-refractivity contribution in [1.82, 2.24) is 30.0 Å². The topological polar surface area (TPSA) is 78.5 Å². The maximum Gasteiger partial charge on any atom is 0.372 e. The summed E-state index contributed by atoms with van der Waals surface area (Å²) in [5.41, 5.74) is 0.593. The van der Waals surface area contributed by atoms with E-state index in [9.17, 15) is 4.79 Å². The first-order valence-corrected chi connectivity index (χ1v) is 6.51. The van der Waals surface area contributed by atoms with Gasteiger partial charge in [0.05, 0.1) is 18.1 Å². The van der Waals surface area contributed by atoms with Crippen LogP contribution < -0.4 is 0 Å². The zero-order valence-electron chi connectivity index (χ0n) is 9.79. The van der Waals surface area contributed by atoms with Crippen molar-refractivity contribution >= 4 is 40.8 Å². The number of alkyl halides is 3. The van der Waals surface area contributed by atoms with E-state index in [1.165, 1.54) is 12.4 Å². The number of hydrogen-bond acceptors (Lipinski definition) is 5. The number of aromatic nitrogens is 6. The van der Waals surface area contributed by atoms with Crippen molar-refractivity contribution in [3.8, 4) is 0 Å². The van der Waals surface area contributed by atoms with E-state index in [1.807, 2.05) is 6.92 Å². The Morgan fingerprint density at radius 3 is 2.63 bits per heavy atom. The van der Waals surface area contributed by atoms with Crippen LogP contribution in [0.25, 0.3) is 0 Å². The minimum Gasteiger partial charge on any atom is -0.243 e. The number of rotatable bonds is 2. The molecular weight excluding hydrogens is 314 g/mol. The largest absolute Gasteiger partial charge is 0.372 e. The molecule has 0 amide bonds. The van der Waals surface area contributed by atoms with E-state index < -0.39 is 9.82 Å². The van der Waals surface area contributed by atoms with Gasteiger partial charge in [0.15, 0.2) is 0 Å². The van der Waals surface area contributed by atoms with E-state index in [0.717, 1.165) is 15.8 Å². The summed E-state index contributed by atoms with van der Waals surface area (Å²) < 4.78 is 0.358. The number of carbonyl (C=O) groups excluding carboxylic acids is 1. The number of nitrogens with zero attached hydrogens (tertiary/aromatic N) is 6. The highest BCUT2D eigenvalue weighted by molar-refractivity contribution is 6.66. The molecular formula is C9H9Cl3N6O. The van der Waals surface area contributed by atoms with Gasteiger partial charge < -0.3 is 0 Å². The van der Waals surface area contributed by atoms with Gasteiger partial charge in [0.2, 0.25) is 3.79 Å². The van der Waals surface area contributed by atoms with Crippen LogP contribution in [0.3, 0.4) is 0 Å². The Balaban J connectivity index is 2.47. The number of halogens is 3. The van der Waals surface area contributed by atoms with Crippen LogP contribution in [0.2, 0.25) is 0 Å². The number of hydrogen-bond donors (Lipinski definition) is 0. The van der Waals surface area contributed by atoms with Crippen molar-refractivity contribution in [3.63, 3.8) is 0 Å². The highest BCUT2D eigenvalue weighted by atomic mass is 35.6. The van der Waals surface area contributed by atoms with Gasteiger partial charge in [0.1, 0.15) is 5.69 Å². The second-order valence-corrected chi connectivity index (χ2v) is 5.96. The van der Waals surface area contributed by atoms with Crippen LogP contribution in [0.15, 0.2) is 12.4 Å². The number of carbonyl (C=O) groups is 1. The monoisotopic (exact) mass is 322 g/mol. The second kappa shape index (κ2) is 5.44. The van der Waals surface area contributed by atoms with Gasteiger partial charge in [-0.1, -0.05) is 58.6 Å². The first-order chi connectivity index (χ1) is 8.95. The van der Waals surface area contributed by atoms with Crippen LogP contribution in [-0.4, -0.2) is 36.0 Å². The first-order valence-electron chi connectivity index (χ1n) is 5.38. The standard InChI is InChI=1S/C9H9Cl3N6O/c1-2-3-6-7(9(10,11)12)14-16-18(6)8(19)17-5-4-13-15-17/h4-5H,2-3H2,1H3. The Morgan fingerprint density at radius 2 is 2.11 bits per heavy atom. The van der Waals surface area contributed by atoms with E-state index in [1.54, 1.807) is 0 Å². The van der Waals surface area contributed by atoms with Crippen LogP contribution in [0, 0.1) is 0 Å². The highest BCUT2D eigenvalue weighted by Crippen LogP contribution is 2.38. The van der Waals surface area contributed by atoms with Crippen molar-refractivity contribution < 1.29 is 4.79 Å². The van der Waals surface area contributed by atoms with Crippen molar-refractivity contribution in [2.24, 2.45) is 0 Å². The van der Waals surface area contributed by atoms with Gasteiger partial charge in [0.25, 0.3) is 0 Å². The maximum atomic E-state index is 12.1. The van der Waals surface area contributed by atoms with Gasteiger partial charge in [-0.3, -0.25) is 0 Å². The average molecular weight is 324 g/mol. The van der Waals surface area contributed by atoms with E-state index in [0.29, 0.717) is 12.1 Å². The molecule has 0 aliphatic carbocycles. The normalized spacial score (nSPS) is 11.8. The molecule has 0 aliphatic heterocycles. The van der Waals surface area contributed by atoms with Crippen molar-refractivity contribution in [1.29, 1.82) is 0 Å².